The first-order valence-corrected chi connectivity index (χ1v) is 10.4. The summed E-state index contributed by atoms with van der Waals surface area (Å²) in [5.74, 6) is -0.843. The molecule has 2 heterocycles. The molecule has 1 aromatic heterocycles. The second-order valence-corrected chi connectivity index (χ2v) is 7.89. The van der Waals surface area contributed by atoms with E-state index in [0.717, 1.165) is 16.0 Å². The van der Waals surface area contributed by atoms with Crippen LogP contribution in [0.3, 0.4) is 0 Å². The van der Waals surface area contributed by atoms with E-state index >= 15 is 0 Å². The SMILES string of the molecule is C=C1c2ccccc2C(=O)N1CCC(=O)Nc1sc(C)c(CC)c1C(=O)OCC. The van der Waals surface area contributed by atoms with Gasteiger partial charge in [0.2, 0.25) is 5.91 Å². The maximum atomic E-state index is 12.6. The van der Waals surface area contributed by atoms with Gasteiger partial charge in [0, 0.05) is 34.7 Å². The molecule has 0 spiro atoms. The summed E-state index contributed by atoms with van der Waals surface area (Å²) in [6.45, 7) is 10.1. The molecule has 0 saturated heterocycles. The standard InChI is InChI=1S/C22H24N2O4S/c1-5-15-14(4)29-20(19(15)22(27)28-6-2)23-18(25)11-12-24-13(3)16-9-7-8-10-17(16)21(24)26/h7-10H,3,5-6,11-12H2,1-2,4H3,(H,23,25). The van der Waals surface area contributed by atoms with Crippen molar-refractivity contribution < 1.29 is 19.1 Å². The summed E-state index contributed by atoms with van der Waals surface area (Å²) in [4.78, 5) is 40.0. The van der Waals surface area contributed by atoms with Crippen molar-refractivity contribution in [3.8, 4) is 0 Å². The number of nitrogens with one attached hydrogen (secondary N) is 1. The van der Waals surface area contributed by atoms with E-state index in [4.69, 9.17) is 4.74 Å². The van der Waals surface area contributed by atoms with Crippen LogP contribution in [0.2, 0.25) is 0 Å². The van der Waals surface area contributed by atoms with Gasteiger partial charge >= 0.3 is 5.97 Å². The number of esters is 1. The van der Waals surface area contributed by atoms with Crippen molar-refractivity contribution in [3.05, 3.63) is 58.0 Å². The van der Waals surface area contributed by atoms with Crippen LogP contribution in [0.1, 0.15) is 57.0 Å². The molecule has 1 aromatic carbocycles. The van der Waals surface area contributed by atoms with Gasteiger partial charge in [0.25, 0.3) is 5.91 Å². The number of ether oxygens (including phenoxy) is 1. The number of aryl methyl sites for hydroxylation is 1. The van der Waals surface area contributed by atoms with Gasteiger partial charge in [-0.05, 0) is 31.9 Å². The highest BCUT2D eigenvalue weighted by Gasteiger charge is 2.31. The maximum absolute atomic E-state index is 12.6. The van der Waals surface area contributed by atoms with Gasteiger partial charge in [-0.2, -0.15) is 0 Å². The number of benzene rings is 1. The fourth-order valence-electron chi connectivity index (χ4n) is 3.49. The number of thiophene rings is 1. The van der Waals surface area contributed by atoms with Gasteiger partial charge in [-0.3, -0.25) is 9.59 Å². The third-order valence-corrected chi connectivity index (χ3v) is 5.96. The highest BCUT2D eigenvalue weighted by Crippen LogP contribution is 2.35. The Hall–Kier alpha value is -2.93. The predicted octanol–water partition coefficient (Wildman–Crippen LogP) is 4.25. The Morgan fingerprint density at radius 3 is 2.52 bits per heavy atom. The molecule has 6 nitrogen and oxygen atoms in total. The van der Waals surface area contributed by atoms with Crippen molar-refractivity contribution in [2.45, 2.75) is 33.6 Å². The van der Waals surface area contributed by atoms with Crippen LogP contribution in [0, 0.1) is 6.92 Å². The van der Waals surface area contributed by atoms with Crippen molar-refractivity contribution in [1.82, 2.24) is 4.90 Å². The van der Waals surface area contributed by atoms with Crippen molar-refractivity contribution in [3.63, 3.8) is 0 Å². The Balaban J connectivity index is 1.70. The van der Waals surface area contributed by atoms with Crippen molar-refractivity contribution in [1.29, 1.82) is 0 Å². The van der Waals surface area contributed by atoms with E-state index in [9.17, 15) is 14.4 Å². The molecule has 0 atom stereocenters. The fraction of sp³-hybridized carbons (Fsp3) is 0.318. The number of carbonyl (C=O) groups excluding carboxylic acids is 3. The molecule has 1 N–H and O–H groups in total. The molecule has 0 radical (unpaired) electrons. The molecule has 2 amide bonds. The summed E-state index contributed by atoms with van der Waals surface area (Å²) in [7, 11) is 0. The average Bonchev–Trinajstić information content (AvgIpc) is 3.14. The lowest BCUT2D eigenvalue weighted by molar-refractivity contribution is -0.116. The zero-order valence-electron chi connectivity index (χ0n) is 16.8. The van der Waals surface area contributed by atoms with E-state index in [-0.39, 0.29) is 31.4 Å². The summed E-state index contributed by atoms with van der Waals surface area (Å²) < 4.78 is 5.16. The molecule has 7 heteroatoms. The van der Waals surface area contributed by atoms with E-state index in [0.29, 0.717) is 28.2 Å². The molecule has 2 aromatic rings. The summed E-state index contributed by atoms with van der Waals surface area (Å²) in [5, 5.41) is 3.33. The summed E-state index contributed by atoms with van der Waals surface area (Å²) in [5.41, 5.74) is 3.32. The van der Waals surface area contributed by atoms with Crippen LogP contribution >= 0.6 is 11.3 Å². The van der Waals surface area contributed by atoms with Gasteiger partial charge < -0.3 is 15.0 Å². The number of carbonyl (C=O) groups is 3. The third-order valence-electron chi connectivity index (χ3n) is 4.90. The first kappa shape index (κ1) is 20.8. The molecule has 3 rings (SSSR count). The predicted molar refractivity (Wildman–Crippen MR) is 114 cm³/mol. The Labute approximate surface area is 174 Å². The second kappa shape index (κ2) is 8.61. The zero-order valence-corrected chi connectivity index (χ0v) is 17.6. The van der Waals surface area contributed by atoms with Crippen molar-refractivity contribution in [2.24, 2.45) is 0 Å². The average molecular weight is 413 g/mol. The highest BCUT2D eigenvalue weighted by molar-refractivity contribution is 7.16. The normalized spacial score (nSPS) is 12.9. The molecule has 0 fully saturated rings. The summed E-state index contributed by atoms with van der Waals surface area (Å²) in [6, 6.07) is 7.27. The lowest BCUT2D eigenvalue weighted by Gasteiger charge is -2.17. The fourth-order valence-corrected chi connectivity index (χ4v) is 4.63. The van der Waals surface area contributed by atoms with Gasteiger partial charge in [-0.1, -0.05) is 31.7 Å². The molecular weight excluding hydrogens is 388 g/mol. The number of hydrogen-bond acceptors (Lipinski definition) is 5. The summed E-state index contributed by atoms with van der Waals surface area (Å²) >= 11 is 1.37. The maximum Gasteiger partial charge on any atom is 0.341 e. The minimum absolute atomic E-state index is 0.0966. The van der Waals surface area contributed by atoms with Crippen LogP contribution in [-0.2, 0) is 16.0 Å². The van der Waals surface area contributed by atoms with Crippen LogP contribution in [0.4, 0.5) is 5.00 Å². The smallest absolute Gasteiger partial charge is 0.341 e. The zero-order chi connectivity index (χ0) is 21.1. The summed E-state index contributed by atoms with van der Waals surface area (Å²) in [6.07, 6.45) is 0.770. The molecule has 0 bridgehead atoms. The Bertz CT molecular complexity index is 958. The molecule has 1 aliphatic heterocycles. The molecular formula is C22H24N2O4S. The van der Waals surface area contributed by atoms with Crippen LogP contribution in [0.25, 0.3) is 5.70 Å². The second-order valence-electron chi connectivity index (χ2n) is 6.66. The number of anilines is 1. The number of hydrogen-bond donors (Lipinski definition) is 1. The van der Waals surface area contributed by atoms with E-state index in [2.05, 4.69) is 11.9 Å². The first-order chi connectivity index (χ1) is 13.9. The number of rotatable bonds is 7. The third kappa shape index (κ3) is 3.96. The first-order valence-electron chi connectivity index (χ1n) is 9.58. The minimum atomic E-state index is -0.428. The molecule has 1 aliphatic rings. The number of nitrogens with zero attached hydrogens (tertiary/aromatic N) is 1. The van der Waals surface area contributed by atoms with E-state index < -0.39 is 5.97 Å². The van der Waals surface area contributed by atoms with E-state index in [1.54, 1.807) is 13.0 Å². The molecule has 29 heavy (non-hydrogen) atoms. The monoisotopic (exact) mass is 412 g/mol. The quantitative estimate of drug-likeness (QED) is 0.690. The number of amides is 2. The van der Waals surface area contributed by atoms with Crippen LogP contribution in [0.5, 0.6) is 0 Å². The number of fused-ring (bicyclic) bond motifs is 1. The van der Waals surface area contributed by atoms with Gasteiger partial charge in [0.05, 0.1) is 12.2 Å². The lowest BCUT2D eigenvalue weighted by atomic mass is 10.1. The Kier molecular flexibility index (Phi) is 6.17. The molecule has 0 aliphatic carbocycles. The van der Waals surface area contributed by atoms with E-state index in [1.165, 1.54) is 16.2 Å². The van der Waals surface area contributed by atoms with Crippen LogP contribution < -0.4 is 5.32 Å². The van der Waals surface area contributed by atoms with Gasteiger partial charge in [-0.15, -0.1) is 11.3 Å². The van der Waals surface area contributed by atoms with Gasteiger partial charge in [0.15, 0.2) is 0 Å². The van der Waals surface area contributed by atoms with Crippen molar-refractivity contribution in [2.75, 3.05) is 18.5 Å². The van der Waals surface area contributed by atoms with Crippen LogP contribution in [0.15, 0.2) is 30.8 Å². The molecule has 0 saturated carbocycles. The van der Waals surface area contributed by atoms with Gasteiger partial charge in [0.1, 0.15) is 5.00 Å². The Morgan fingerprint density at radius 1 is 1.21 bits per heavy atom. The van der Waals surface area contributed by atoms with E-state index in [1.807, 2.05) is 32.0 Å². The largest absolute Gasteiger partial charge is 0.462 e. The Morgan fingerprint density at radius 2 is 1.90 bits per heavy atom. The lowest BCUT2D eigenvalue weighted by Crippen LogP contribution is -2.27. The minimum Gasteiger partial charge on any atom is -0.462 e. The highest BCUT2D eigenvalue weighted by atomic mass is 32.1. The van der Waals surface area contributed by atoms with Gasteiger partial charge in [-0.25, -0.2) is 4.79 Å². The van der Waals surface area contributed by atoms with Crippen LogP contribution in [-0.4, -0.2) is 35.8 Å². The van der Waals surface area contributed by atoms with Crippen molar-refractivity contribution >= 4 is 39.8 Å². The molecule has 152 valence electrons. The topological polar surface area (TPSA) is 75.7 Å². The molecule has 0 unspecified atom stereocenters.